The van der Waals surface area contributed by atoms with E-state index in [1.165, 1.54) is 17.5 Å². The number of benzene rings is 1. The van der Waals surface area contributed by atoms with Gasteiger partial charge in [0.2, 0.25) is 10.0 Å². The number of sulfonamides is 1. The summed E-state index contributed by atoms with van der Waals surface area (Å²) in [7, 11) is -2.10. The van der Waals surface area contributed by atoms with Crippen LogP contribution in [-0.4, -0.2) is 37.5 Å². The predicted molar refractivity (Wildman–Crippen MR) is 71.5 cm³/mol. The zero-order valence-corrected chi connectivity index (χ0v) is 12.0. The Kier molecular flexibility index (Phi) is 4.13. The third-order valence-corrected chi connectivity index (χ3v) is 5.54. The van der Waals surface area contributed by atoms with E-state index in [1.54, 1.807) is 12.1 Å². The molecule has 2 rings (SSSR count). The van der Waals surface area contributed by atoms with Crippen LogP contribution in [0.4, 0.5) is 0 Å². The van der Waals surface area contributed by atoms with Crippen molar-refractivity contribution in [2.45, 2.75) is 37.3 Å². The standard InChI is InChI=1S/C13H19NO4S/c1-10-4-3-7-14(10)19(16,17)13-6-5-11(9-15)8-12(13)18-2/h5-6,8,10,15H,3-4,7,9H2,1-2H3. The summed E-state index contributed by atoms with van der Waals surface area (Å²) in [6, 6.07) is 4.70. The Bertz CT molecular complexity index is 556. The molecule has 0 radical (unpaired) electrons. The first-order chi connectivity index (χ1) is 9.00. The topological polar surface area (TPSA) is 66.8 Å². The van der Waals surface area contributed by atoms with Crippen molar-refractivity contribution in [3.8, 4) is 5.75 Å². The van der Waals surface area contributed by atoms with E-state index in [-0.39, 0.29) is 23.3 Å². The van der Waals surface area contributed by atoms with Gasteiger partial charge < -0.3 is 9.84 Å². The second-order valence-corrected chi connectivity index (χ2v) is 6.61. The summed E-state index contributed by atoms with van der Waals surface area (Å²) in [6.45, 7) is 2.32. The number of aliphatic hydroxyl groups excluding tert-OH is 1. The molecule has 19 heavy (non-hydrogen) atoms. The minimum absolute atomic E-state index is 0.0206. The Morgan fingerprint density at radius 3 is 2.74 bits per heavy atom. The number of aliphatic hydroxyl groups is 1. The van der Waals surface area contributed by atoms with E-state index in [2.05, 4.69) is 0 Å². The van der Waals surface area contributed by atoms with Crippen LogP contribution in [0.5, 0.6) is 5.75 Å². The fraction of sp³-hybridized carbons (Fsp3) is 0.538. The number of nitrogens with zero attached hydrogens (tertiary/aromatic N) is 1. The fourth-order valence-electron chi connectivity index (χ4n) is 2.41. The second kappa shape index (κ2) is 5.48. The summed E-state index contributed by atoms with van der Waals surface area (Å²) in [6.07, 6.45) is 1.77. The van der Waals surface area contributed by atoms with Gasteiger partial charge in [0.05, 0.1) is 13.7 Å². The Hall–Kier alpha value is -1.11. The van der Waals surface area contributed by atoms with Crippen LogP contribution in [0.1, 0.15) is 25.3 Å². The molecule has 0 bridgehead atoms. The van der Waals surface area contributed by atoms with E-state index in [4.69, 9.17) is 9.84 Å². The fourth-order valence-corrected chi connectivity index (χ4v) is 4.25. The highest BCUT2D eigenvalue weighted by atomic mass is 32.2. The third kappa shape index (κ3) is 2.61. The lowest BCUT2D eigenvalue weighted by Crippen LogP contribution is -2.33. The van der Waals surface area contributed by atoms with Crippen molar-refractivity contribution in [2.24, 2.45) is 0 Å². The van der Waals surface area contributed by atoms with Gasteiger partial charge in [-0.3, -0.25) is 0 Å². The highest BCUT2D eigenvalue weighted by molar-refractivity contribution is 7.89. The van der Waals surface area contributed by atoms with Crippen molar-refractivity contribution in [1.82, 2.24) is 4.31 Å². The molecule has 1 aliphatic heterocycles. The van der Waals surface area contributed by atoms with E-state index in [0.29, 0.717) is 12.1 Å². The van der Waals surface area contributed by atoms with Gasteiger partial charge in [-0.2, -0.15) is 4.31 Å². The van der Waals surface area contributed by atoms with Crippen molar-refractivity contribution < 1.29 is 18.3 Å². The minimum atomic E-state index is -3.53. The first-order valence-electron chi connectivity index (χ1n) is 6.30. The zero-order chi connectivity index (χ0) is 14.0. The highest BCUT2D eigenvalue weighted by Gasteiger charge is 2.34. The van der Waals surface area contributed by atoms with E-state index >= 15 is 0 Å². The predicted octanol–water partition coefficient (Wildman–Crippen LogP) is 1.36. The average Bonchev–Trinajstić information content (AvgIpc) is 2.84. The molecule has 1 aromatic carbocycles. The Morgan fingerprint density at radius 1 is 1.47 bits per heavy atom. The minimum Gasteiger partial charge on any atom is -0.495 e. The number of hydrogen-bond donors (Lipinski definition) is 1. The summed E-state index contributed by atoms with van der Waals surface area (Å²) in [5.41, 5.74) is 0.630. The maximum absolute atomic E-state index is 12.6. The molecule has 0 aromatic heterocycles. The second-order valence-electron chi connectivity index (χ2n) is 4.75. The van der Waals surface area contributed by atoms with Gasteiger partial charge in [-0.25, -0.2) is 8.42 Å². The Balaban J connectivity index is 2.45. The van der Waals surface area contributed by atoms with Gasteiger partial charge in [0.15, 0.2) is 0 Å². The Morgan fingerprint density at radius 2 is 2.21 bits per heavy atom. The lowest BCUT2D eigenvalue weighted by molar-refractivity contribution is 0.280. The van der Waals surface area contributed by atoms with Gasteiger partial charge >= 0.3 is 0 Å². The molecule has 0 aliphatic carbocycles. The maximum Gasteiger partial charge on any atom is 0.246 e. The lowest BCUT2D eigenvalue weighted by atomic mass is 10.2. The van der Waals surface area contributed by atoms with Crippen LogP contribution in [0, 0.1) is 0 Å². The van der Waals surface area contributed by atoms with Gasteiger partial charge in [0.1, 0.15) is 10.6 Å². The van der Waals surface area contributed by atoms with Crippen molar-refractivity contribution in [2.75, 3.05) is 13.7 Å². The molecule has 1 fully saturated rings. The van der Waals surface area contributed by atoms with Crippen LogP contribution >= 0.6 is 0 Å². The molecule has 0 saturated carbocycles. The first-order valence-corrected chi connectivity index (χ1v) is 7.74. The largest absolute Gasteiger partial charge is 0.495 e. The van der Waals surface area contributed by atoms with E-state index in [9.17, 15) is 8.42 Å². The monoisotopic (exact) mass is 285 g/mol. The zero-order valence-electron chi connectivity index (χ0n) is 11.2. The molecule has 1 unspecified atom stereocenters. The summed E-state index contributed by atoms with van der Waals surface area (Å²) < 4.78 is 31.9. The lowest BCUT2D eigenvalue weighted by Gasteiger charge is -2.22. The van der Waals surface area contributed by atoms with Crippen molar-refractivity contribution >= 4 is 10.0 Å². The number of ether oxygens (including phenoxy) is 1. The van der Waals surface area contributed by atoms with Crippen molar-refractivity contribution in [3.05, 3.63) is 23.8 Å². The molecule has 1 atom stereocenters. The van der Waals surface area contributed by atoms with Gasteiger partial charge in [0, 0.05) is 12.6 Å². The van der Waals surface area contributed by atoms with Crippen LogP contribution in [0.2, 0.25) is 0 Å². The summed E-state index contributed by atoms with van der Waals surface area (Å²) >= 11 is 0. The van der Waals surface area contributed by atoms with Crippen LogP contribution in [0.15, 0.2) is 23.1 Å². The van der Waals surface area contributed by atoms with Crippen LogP contribution in [0.3, 0.4) is 0 Å². The van der Waals surface area contributed by atoms with Crippen LogP contribution < -0.4 is 4.74 Å². The summed E-state index contributed by atoms with van der Waals surface area (Å²) in [4.78, 5) is 0.168. The molecule has 1 N–H and O–H groups in total. The third-order valence-electron chi connectivity index (χ3n) is 3.49. The number of methoxy groups -OCH3 is 1. The average molecular weight is 285 g/mol. The van der Waals surface area contributed by atoms with Crippen LogP contribution in [-0.2, 0) is 16.6 Å². The van der Waals surface area contributed by atoms with E-state index < -0.39 is 10.0 Å². The van der Waals surface area contributed by atoms with Gasteiger partial charge in [-0.05, 0) is 37.5 Å². The molecule has 1 saturated heterocycles. The van der Waals surface area contributed by atoms with Crippen LogP contribution in [0.25, 0.3) is 0 Å². The van der Waals surface area contributed by atoms with Gasteiger partial charge in [-0.15, -0.1) is 0 Å². The number of hydrogen-bond acceptors (Lipinski definition) is 4. The van der Waals surface area contributed by atoms with Gasteiger partial charge in [-0.1, -0.05) is 6.07 Å². The molecule has 0 spiro atoms. The SMILES string of the molecule is COc1cc(CO)ccc1S(=O)(=O)N1CCCC1C. The molecule has 106 valence electrons. The van der Waals surface area contributed by atoms with Gasteiger partial charge in [0.25, 0.3) is 0 Å². The highest BCUT2D eigenvalue weighted by Crippen LogP contribution is 2.31. The summed E-state index contributed by atoms with van der Waals surface area (Å²) in [5, 5.41) is 9.09. The quantitative estimate of drug-likeness (QED) is 0.907. The normalized spacial score (nSPS) is 20.7. The smallest absolute Gasteiger partial charge is 0.246 e. The molecule has 1 aromatic rings. The molecular formula is C13H19NO4S. The number of rotatable bonds is 4. The summed E-state index contributed by atoms with van der Waals surface area (Å²) in [5.74, 6) is 0.283. The molecule has 5 nitrogen and oxygen atoms in total. The molecule has 0 amide bonds. The maximum atomic E-state index is 12.6. The van der Waals surface area contributed by atoms with Crippen molar-refractivity contribution in [3.63, 3.8) is 0 Å². The molecule has 1 heterocycles. The molecular weight excluding hydrogens is 266 g/mol. The Labute approximate surface area is 113 Å². The molecule has 6 heteroatoms. The first kappa shape index (κ1) is 14.3. The van der Waals surface area contributed by atoms with E-state index in [0.717, 1.165) is 12.8 Å². The molecule has 1 aliphatic rings. The van der Waals surface area contributed by atoms with Crippen molar-refractivity contribution in [1.29, 1.82) is 0 Å². The van der Waals surface area contributed by atoms with E-state index in [1.807, 2.05) is 6.92 Å².